The Morgan fingerprint density at radius 2 is 2.09 bits per heavy atom. The number of rotatable bonds is 6. The number of carbonyl (C=O) groups excluding carboxylic acids is 1. The first-order valence-electron chi connectivity index (χ1n) is 7.63. The van der Waals surface area contributed by atoms with Crippen LogP contribution in [-0.4, -0.2) is 31.7 Å². The highest BCUT2D eigenvalue weighted by atomic mass is 127. The Kier molecular flexibility index (Phi) is 8.15. The molecule has 128 valence electrons. The van der Waals surface area contributed by atoms with Crippen LogP contribution in [0.4, 0.5) is 10.5 Å². The van der Waals surface area contributed by atoms with E-state index in [1.165, 1.54) is 0 Å². The smallest absolute Gasteiger partial charge is 0.414 e. The van der Waals surface area contributed by atoms with E-state index in [4.69, 9.17) is 10.5 Å². The zero-order chi connectivity index (χ0) is 15.9. The second kappa shape index (κ2) is 9.59. The van der Waals surface area contributed by atoms with E-state index in [-0.39, 0.29) is 30.1 Å². The number of carbonyl (C=O) groups is 1. The van der Waals surface area contributed by atoms with Crippen LogP contribution in [0, 0.1) is 5.92 Å². The van der Waals surface area contributed by atoms with Gasteiger partial charge in [0.2, 0.25) is 0 Å². The van der Waals surface area contributed by atoms with E-state index in [1.807, 2.05) is 24.3 Å². The van der Waals surface area contributed by atoms with Crippen LogP contribution in [0.2, 0.25) is 0 Å². The largest absolute Gasteiger partial charge is 0.447 e. The lowest BCUT2D eigenvalue weighted by atomic mass is 10.1. The Hall–Kier alpha value is -1.51. The first-order valence-corrected chi connectivity index (χ1v) is 7.63. The lowest BCUT2D eigenvalue weighted by Gasteiger charge is -2.12. The fraction of sp³-hybridized carbons (Fsp3) is 0.500. The fourth-order valence-electron chi connectivity index (χ4n) is 2.13. The van der Waals surface area contributed by atoms with Crippen LogP contribution in [0.5, 0.6) is 0 Å². The van der Waals surface area contributed by atoms with Crippen molar-refractivity contribution in [1.82, 2.24) is 5.32 Å². The molecule has 1 heterocycles. The first kappa shape index (κ1) is 19.5. The highest BCUT2D eigenvalue weighted by Gasteiger charge is 2.23. The molecule has 3 N–H and O–H groups in total. The number of nitrogens with two attached hydrogens (primary N) is 1. The van der Waals surface area contributed by atoms with Crippen LogP contribution in [-0.2, 0) is 11.3 Å². The molecule has 0 spiro atoms. The number of nitrogens with zero attached hydrogens (tertiary/aromatic N) is 2. The van der Waals surface area contributed by atoms with Gasteiger partial charge in [0.05, 0.1) is 13.1 Å². The van der Waals surface area contributed by atoms with Crippen molar-refractivity contribution in [3.63, 3.8) is 0 Å². The molecule has 1 aliphatic heterocycles. The van der Waals surface area contributed by atoms with Gasteiger partial charge in [-0.05, 0) is 30.0 Å². The molecular weight excluding hydrogens is 407 g/mol. The highest BCUT2D eigenvalue weighted by Crippen LogP contribution is 2.19. The maximum Gasteiger partial charge on any atom is 0.414 e. The topological polar surface area (TPSA) is 79.9 Å². The fourth-order valence-corrected chi connectivity index (χ4v) is 2.13. The monoisotopic (exact) mass is 432 g/mol. The number of halogens is 1. The summed E-state index contributed by atoms with van der Waals surface area (Å²) in [5.41, 5.74) is 7.72. The summed E-state index contributed by atoms with van der Waals surface area (Å²) in [4.78, 5) is 17.4. The van der Waals surface area contributed by atoms with E-state index in [0.717, 1.165) is 24.2 Å². The van der Waals surface area contributed by atoms with Crippen molar-refractivity contribution in [1.29, 1.82) is 0 Å². The van der Waals surface area contributed by atoms with E-state index >= 15 is 0 Å². The summed E-state index contributed by atoms with van der Waals surface area (Å²) in [5, 5.41) is 3.10. The van der Waals surface area contributed by atoms with Crippen molar-refractivity contribution in [3.05, 3.63) is 29.8 Å². The SMILES string of the molecule is CC(C)CCNC(N)=NCc1ccc(N2CCOC2=O)cc1.I. The molecule has 0 bridgehead atoms. The van der Waals surface area contributed by atoms with E-state index in [9.17, 15) is 4.79 Å². The molecule has 23 heavy (non-hydrogen) atoms. The number of aliphatic imine (C=N–C) groups is 1. The summed E-state index contributed by atoms with van der Waals surface area (Å²) in [6.45, 7) is 6.75. The average molecular weight is 432 g/mol. The molecule has 7 heteroatoms. The second-order valence-electron chi connectivity index (χ2n) is 5.74. The Morgan fingerprint density at radius 3 is 2.65 bits per heavy atom. The van der Waals surface area contributed by atoms with E-state index in [1.54, 1.807) is 4.90 Å². The Morgan fingerprint density at radius 1 is 1.39 bits per heavy atom. The van der Waals surface area contributed by atoms with Gasteiger partial charge < -0.3 is 15.8 Å². The van der Waals surface area contributed by atoms with Crippen LogP contribution >= 0.6 is 24.0 Å². The summed E-state index contributed by atoms with van der Waals surface area (Å²) >= 11 is 0. The summed E-state index contributed by atoms with van der Waals surface area (Å²) in [5.74, 6) is 1.11. The molecule has 1 fully saturated rings. The predicted octanol–water partition coefficient (Wildman–Crippen LogP) is 2.71. The van der Waals surface area contributed by atoms with Gasteiger partial charge in [0, 0.05) is 12.2 Å². The molecule has 0 radical (unpaired) electrons. The van der Waals surface area contributed by atoms with Gasteiger partial charge in [-0.1, -0.05) is 26.0 Å². The zero-order valence-electron chi connectivity index (χ0n) is 13.6. The van der Waals surface area contributed by atoms with Crippen LogP contribution in [0.25, 0.3) is 0 Å². The van der Waals surface area contributed by atoms with Crippen molar-refractivity contribution in [3.8, 4) is 0 Å². The Bertz CT molecular complexity index is 531. The second-order valence-corrected chi connectivity index (χ2v) is 5.74. The van der Waals surface area contributed by atoms with Gasteiger partial charge >= 0.3 is 6.09 Å². The number of amides is 1. The number of anilines is 1. The van der Waals surface area contributed by atoms with Gasteiger partial charge in [-0.15, -0.1) is 24.0 Å². The summed E-state index contributed by atoms with van der Waals surface area (Å²) < 4.78 is 4.92. The van der Waals surface area contributed by atoms with Gasteiger partial charge in [-0.2, -0.15) is 0 Å². The summed E-state index contributed by atoms with van der Waals surface area (Å²) in [6.07, 6.45) is 0.779. The van der Waals surface area contributed by atoms with E-state index < -0.39 is 0 Å². The normalized spacial score (nSPS) is 14.7. The molecule has 1 saturated heterocycles. The first-order chi connectivity index (χ1) is 10.6. The van der Waals surface area contributed by atoms with Crippen LogP contribution in [0.1, 0.15) is 25.8 Å². The number of ether oxygens (including phenoxy) is 1. The molecule has 0 unspecified atom stereocenters. The van der Waals surface area contributed by atoms with Crippen molar-refractivity contribution < 1.29 is 9.53 Å². The van der Waals surface area contributed by atoms with Crippen LogP contribution < -0.4 is 16.0 Å². The molecule has 0 atom stereocenters. The average Bonchev–Trinajstić information content (AvgIpc) is 2.91. The van der Waals surface area contributed by atoms with Gasteiger partial charge in [0.25, 0.3) is 0 Å². The van der Waals surface area contributed by atoms with Gasteiger partial charge in [0.15, 0.2) is 5.96 Å². The van der Waals surface area contributed by atoms with Crippen LogP contribution in [0.3, 0.4) is 0 Å². The van der Waals surface area contributed by atoms with Crippen LogP contribution in [0.15, 0.2) is 29.3 Å². The highest BCUT2D eigenvalue weighted by molar-refractivity contribution is 14.0. The minimum Gasteiger partial charge on any atom is -0.447 e. The summed E-state index contributed by atoms with van der Waals surface area (Å²) in [6, 6.07) is 7.71. The van der Waals surface area contributed by atoms with Crippen molar-refractivity contribution in [2.45, 2.75) is 26.8 Å². The Labute approximate surface area is 154 Å². The summed E-state index contributed by atoms with van der Waals surface area (Å²) in [7, 11) is 0. The lowest BCUT2D eigenvalue weighted by molar-refractivity contribution is 0.181. The molecule has 1 amide bonds. The quantitative estimate of drug-likeness (QED) is 0.412. The van der Waals surface area contributed by atoms with Gasteiger partial charge in [-0.3, -0.25) is 4.90 Å². The van der Waals surface area contributed by atoms with Crippen molar-refractivity contribution in [2.75, 3.05) is 24.6 Å². The number of hydrogen-bond acceptors (Lipinski definition) is 3. The number of benzene rings is 1. The van der Waals surface area contributed by atoms with E-state index in [2.05, 4.69) is 24.2 Å². The zero-order valence-corrected chi connectivity index (χ0v) is 15.9. The molecule has 1 aromatic carbocycles. The molecule has 6 nitrogen and oxygen atoms in total. The molecule has 0 aromatic heterocycles. The lowest BCUT2D eigenvalue weighted by Crippen LogP contribution is -2.32. The minimum absolute atomic E-state index is 0. The number of hydrogen-bond donors (Lipinski definition) is 2. The standard InChI is InChI=1S/C16H24N4O2.HI/c1-12(2)7-8-18-15(17)19-11-13-3-5-14(6-4-13)20-9-10-22-16(20)21;/h3-6,12H,7-11H2,1-2H3,(H3,17,18,19);1H. The third-order valence-electron chi connectivity index (χ3n) is 3.47. The number of nitrogens with one attached hydrogen (secondary N) is 1. The Balaban J connectivity index is 0.00000264. The molecule has 1 aromatic rings. The molecule has 0 saturated carbocycles. The molecule has 1 aliphatic rings. The van der Waals surface area contributed by atoms with Crippen molar-refractivity contribution >= 4 is 41.7 Å². The molecule has 0 aliphatic carbocycles. The molecular formula is C16H25IN4O2. The maximum absolute atomic E-state index is 11.5. The van der Waals surface area contributed by atoms with E-state index in [0.29, 0.717) is 31.6 Å². The third kappa shape index (κ3) is 6.25. The molecule has 2 rings (SSSR count). The predicted molar refractivity (Wildman–Crippen MR) is 103 cm³/mol. The minimum atomic E-state index is -0.288. The maximum atomic E-state index is 11.5. The number of guanidine groups is 1. The third-order valence-corrected chi connectivity index (χ3v) is 3.47. The van der Waals surface area contributed by atoms with Gasteiger partial charge in [0.1, 0.15) is 6.61 Å². The van der Waals surface area contributed by atoms with Crippen molar-refractivity contribution in [2.24, 2.45) is 16.6 Å². The number of cyclic esters (lactones) is 1. The van der Waals surface area contributed by atoms with Gasteiger partial charge in [-0.25, -0.2) is 9.79 Å².